The van der Waals surface area contributed by atoms with E-state index >= 15 is 0 Å². The number of nitrogens with one attached hydrogen (secondary N) is 3. The molecule has 0 aliphatic rings. The van der Waals surface area contributed by atoms with Crippen molar-refractivity contribution in [3.05, 3.63) is 42.7 Å². The van der Waals surface area contributed by atoms with Gasteiger partial charge < -0.3 is 9.88 Å². The summed E-state index contributed by atoms with van der Waals surface area (Å²) in [7, 11) is 0. The number of para-hydroxylation sites is 2. The van der Waals surface area contributed by atoms with Gasteiger partial charge in [0.1, 0.15) is 12.4 Å². The molecule has 0 atom stereocenters. The number of benzene rings is 1. The highest BCUT2D eigenvalue weighted by molar-refractivity contribution is 7.80. The molecule has 0 fully saturated rings. The molecule has 0 saturated heterocycles. The quantitative estimate of drug-likeness (QED) is 0.440. The van der Waals surface area contributed by atoms with Crippen LogP contribution in [0.25, 0.3) is 11.0 Å². The summed E-state index contributed by atoms with van der Waals surface area (Å²) in [5.41, 5.74) is 7.06. The van der Waals surface area contributed by atoms with E-state index < -0.39 is 0 Å². The average molecular weight is 317 g/mol. The second-order valence-electron chi connectivity index (χ2n) is 4.63. The fraction of sp³-hybridized carbons (Fsp3) is 0.267. The molecular formula is C15H19N5OS. The normalized spacial score (nSPS) is 10.2. The highest BCUT2D eigenvalue weighted by Crippen LogP contribution is 2.16. The van der Waals surface area contributed by atoms with Gasteiger partial charge in [-0.1, -0.05) is 25.1 Å². The minimum Gasteiger partial charge on any atom is -0.358 e. The lowest BCUT2D eigenvalue weighted by molar-refractivity contribution is -0.122. The van der Waals surface area contributed by atoms with E-state index in [9.17, 15) is 4.79 Å². The molecule has 1 aromatic carbocycles. The van der Waals surface area contributed by atoms with Crippen LogP contribution >= 0.6 is 12.2 Å². The first-order chi connectivity index (χ1) is 10.7. The highest BCUT2D eigenvalue weighted by Gasteiger charge is 2.12. The number of amides is 1. The van der Waals surface area contributed by atoms with Crippen molar-refractivity contribution in [2.45, 2.75) is 19.9 Å². The summed E-state index contributed by atoms with van der Waals surface area (Å²) in [4.78, 5) is 16.6. The van der Waals surface area contributed by atoms with Crippen LogP contribution in [0.5, 0.6) is 0 Å². The molecule has 2 aromatic rings. The molecule has 0 bridgehead atoms. The van der Waals surface area contributed by atoms with Gasteiger partial charge in [0.05, 0.1) is 11.0 Å². The zero-order valence-corrected chi connectivity index (χ0v) is 13.2. The van der Waals surface area contributed by atoms with Crippen LogP contribution in [-0.4, -0.2) is 27.1 Å². The van der Waals surface area contributed by atoms with Crippen LogP contribution in [0.4, 0.5) is 0 Å². The molecule has 0 saturated carbocycles. The molecule has 0 aliphatic carbocycles. The fourth-order valence-corrected chi connectivity index (χ4v) is 2.22. The molecule has 116 valence electrons. The van der Waals surface area contributed by atoms with Crippen molar-refractivity contribution in [2.75, 3.05) is 6.54 Å². The molecule has 1 heterocycles. The van der Waals surface area contributed by atoms with Crippen LogP contribution in [0.2, 0.25) is 0 Å². The Balaban J connectivity index is 2.02. The minimum absolute atomic E-state index is 0.181. The van der Waals surface area contributed by atoms with Crippen LogP contribution in [0.1, 0.15) is 12.7 Å². The number of hydrazine groups is 1. The SMILES string of the molecule is C=CCNC(=S)NNC(=O)Cn1c(CC)nc2ccccc21. The lowest BCUT2D eigenvalue weighted by Crippen LogP contribution is -2.47. The summed E-state index contributed by atoms with van der Waals surface area (Å²) >= 11 is 5.01. The number of imidazole rings is 1. The zero-order valence-electron chi connectivity index (χ0n) is 12.4. The Morgan fingerprint density at radius 1 is 1.41 bits per heavy atom. The van der Waals surface area contributed by atoms with Gasteiger partial charge in [-0.05, 0) is 24.4 Å². The molecule has 0 aliphatic heterocycles. The number of nitrogens with zero attached hydrogens (tertiary/aromatic N) is 2. The number of aromatic nitrogens is 2. The van der Waals surface area contributed by atoms with Crippen LogP contribution in [-0.2, 0) is 17.8 Å². The van der Waals surface area contributed by atoms with Gasteiger partial charge >= 0.3 is 0 Å². The summed E-state index contributed by atoms with van der Waals surface area (Å²) in [6.45, 7) is 6.31. The Bertz CT molecular complexity index is 694. The molecule has 6 nitrogen and oxygen atoms in total. The average Bonchev–Trinajstić information content (AvgIpc) is 2.89. The van der Waals surface area contributed by atoms with Gasteiger partial charge in [0.15, 0.2) is 5.11 Å². The number of thiocarbonyl (C=S) groups is 1. The summed E-state index contributed by atoms with van der Waals surface area (Å²) < 4.78 is 1.91. The van der Waals surface area contributed by atoms with E-state index in [-0.39, 0.29) is 12.5 Å². The fourth-order valence-electron chi connectivity index (χ4n) is 2.09. The van der Waals surface area contributed by atoms with E-state index in [1.165, 1.54) is 0 Å². The van der Waals surface area contributed by atoms with Gasteiger partial charge in [-0.25, -0.2) is 4.98 Å². The summed E-state index contributed by atoms with van der Waals surface area (Å²) in [6, 6.07) is 7.77. The summed E-state index contributed by atoms with van der Waals surface area (Å²) in [5, 5.41) is 3.21. The molecule has 1 amide bonds. The number of carbonyl (C=O) groups is 1. The van der Waals surface area contributed by atoms with E-state index in [0.29, 0.717) is 11.7 Å². The number of aryl methyl sites for hydroxylation is 1. The van der Waals surface area contributed by atoms with Crippen molar-refractivity contribution in [2.24, 2.45) is 0 Å². The maximum atomic E-state index is 12.1. The third-order valence-electron chi connectivity index (χ3n) is 3.07. The second-order valence-corrected chi connectivity index (χ2v) is 5.04. The first-order valence-electron chi connectivity index (χ1n) is 7.03. The monoisotopic (exact) mass is 317 g/mol. The van der Waals surface area contributed by atoms with E-state index in [0.717, 1.165) is 23.3 Å². The van der Waals surface area contributed by atoms with Crippen molar-refractivity contribution >= 4 is 34.3 Å². The maximum Gasteiger partial charge on any atom is 0.258 e. The van der Waals surface area contributed by atoms with Crippen molar-refractivity contribution in [1.29, 1.82) is 0 Å². The van der Waals surface area contributed by atoms with Crippen molar-refractivity contribution in [3.8, 4) is 0 Å². The molecule has 1 aromatic heterocycles. The predicted molar refractivity (Wildman–Crippen MR) is 91.2 cm³/mol. The van der Waals surface area contributed by atoms with Crippen LogP contribution < -0.4 is 16.2 Å². The van der Waals surface area contributed by atoms with Gasteiger partial charge in [0, 0.05) is 13.0 Å². The topological polar surface area (TPSA) is 71.0 Å². The number of rotatable bonds is 5. The third-order valence-corrected chi connectivity index (χ3v) is 3.32. The molecule has 0 radical (unpaired) electrons. The Morgan fingerprint density at radius 3 is 2.91 bits per heavy atom. The van der Waals surface area contributed by atoms with Gasteiger partial charge in [0.25, 0.3) is 5.91 Å². The molecule has 3 N–H and O–H groups in total. The van der Waals surface area contributed by atoms with Gasteiger partial charge in [0.2, 0.25) is 0 Å². The molecule has 2 rings (SSSR count). The predicted octanol–water partition coefficient (Wildman–Crippen LogP) is 1.28. The first-order valence-corrected chi connectivity index (χ1v) is 7.44. The van der Waals surface area contributed by atoms with Crippen LogP contribution in [0.15, 0.2) is 36.9 Å². The Labute approximate surface area is 134 Å². The van der Waals surface area contributed by atoms with Crippen LogP contribution in [0, 0.1) is 0 Å². The molecule has 7 heteroatoms. The van der Waals surface area contributed by atoms with Crippen LogP contribution in [0.3, 0.4) is 0 Å². The molecule has 22 heavy (non-hydrogen) atoms. The number of fused-ring (bicyclic) bond motifs is 1. The number of carbonyl (C=O) groups excluding carboxylic acids is 1. The van der Waals surface area contributed by atoms with Crippen molar-refractivity contribution < 1.29 is 4.79 Å². The minimum atomic E-state index is -0.194. The molecule has 0 spiro atoms. The van der Waals surface area contributed by atoms with Gasteiger partial charge in [-0.3, -0.25) is 15.6 Å². The number of hydrogen-bond acceptors (Lipinski definition) is 3. The Kier molecular flexibility index (Phi) is 5.48. The molecule has 0 unspecified atom stereocenters. The van der Waals surface area contributed by atoms with E-state index in [1.807, 2.05) is 35.8 Å². The lowest BCUT2D eigenvalue weighted by atomic mass is 10.3. The van der Waals surface area contributed by atoms with Crippen molar-refractivity contribution in [1.82, 2.24) is 25.7 Å². The van der Waals surface area contributed by atoms with Crippen molar-refractivity contribution in [3.63, 3.8) is 0 Å². The maximum absolute atomic E-state index is 12.1. The summed E-state index contributed by atoms with van der Waals surface area (Å²) in [6.07, 6.45) is 2.44. The van der Waals surface area contributed by atoms with E-state index in [4.69, 9.17) is 12.2 Å². The third kappa shape index (κ3) is 3.82. The van der Waals surface area contributed by atoms with E-state index in [1.54, 1.807) is 6.08 Å². The lowest BCUT2D eigenvalue weighted by Gasteiger charge is -2.12. The van der Waals surface area contributed by atoms with E-state index in [2.05, 4.69) is 27.7 Å². The second kappa shape index (κ2) is 7.56. The zero-order chi connectivity index (χ0) is 15.9. The Hall–Kier alpha value is -2.41. The smallest absolute Gasteiger partial charge is 0.258 e. The highest BCUT2D eigenvalue weighted by atomic mass is 32.1. The van der Waals surface area contributed by atoms with Gasteiger partial charge in [-0.2, -0.15) is 0 Å². The molecular weight excluding hydrogens is 298 g/mol. The largest absolute Gasteiger partial charge is 0.358 e. The Morgan fingerprint density at radius 2 is 2.18 bits per heavy atom. The summed E-state index contributed by atoms with van der Waals surface area (Å²) in [5.74, 6) is 0.685. The van der Waals surface area contributed by atoms with Gasteiger partial charge in [-0.15, -0.1) is 6.58 Å². The first kappa shape index (κ1) is 16.0. The number of hydrogen-bond donors (Lipinski definition) is 3. The standard InChI is InChI=1S/C15H19N5OS/c1-3-9-16-15(22)19-18-14(21)10-20-12-8-6-5-7-11(12)17-13(20)4-2/h3,5-8H,1,4,9-10H2,2H3,(H,18,21)(H2,16,19,22).